The van der Waals surface area contributed by atoms with Gasteiger partial charge in [0.25, 0.3) is 0 Å². The Labute approximate surface area is 148 Å². The minimum Gasteiger partial charge on any atom is -0.352 e. The van der Waals surface area contributed by atoms with Crippen LogP contribution in [0.1, 0.15) is 29.5 Å². The molecule has 0 aromatic heterocycles. The van der Waals surface area contributed by atoms with E-state index in [4.69, 9.17) is 0 Å². The Hall–Kier alpha value is -2.18. The zero-order valence-electron chi connectivity index (χ0n) is 14.2. The smallest absolute Gasteiger partial charge is 0.240 e. The number of amides is 1. The summed E-state index contributed by atoms with van der Waals surface area (Å²) in [6.07, 6.45) is 2.15. The van der Waals surface area contributed by atoms with Gasteiger partial charge in [0.15, 0.2) is 0 Å². The maximum Gasteiger partial charge on any atom is 0.240 e. The summed E-state index contributed by atoms with van der Waals surface area (Å²) in [5.41, 5.74) is 2.99. The van der Waals surface area contributed by atoms with Gasteiger partial charge in [-0.2, -0.15) is 0 Å². The molecule has 3 rings (SSSR count). The third-order valence-corrected chi connectivity index (χ3v) is 5.64. The van der Waals surface area contributed by atoms with E-state index >= 15 is 0 Å². The summed E-state index contributed by atoms with van der Waals surface area (Å²) < 4.78 is 26.9. The predicted molar refractivity (Wildman–Crippen MR) is 96.5 cm³/mol. The highest BCUT2D eigenvalue weighted by atomic mass is 32.2. The van der Waals surface area contributed by atoms with Crippen molar-refractivity contribution in [3.05, 3.63) is 65.2 Å². The van der Waals surface area contributed by atoms with Crippen LogP contribution in [0.3, 0.4) is 0 Å². The molecule has 0 saturated heterocycles. The Balaban J connectivity index is 1.52. The highest BCUT2D eigenvalue weighted by Crippen LogP contribution is 2.22. The summed E-state index contributed by atoms with van der Waals surface area (Å²) in [5, 5.41) is 2.86. The molecule has 0 radical (unpaired) electrons. The lowest BCUT2D eigenvalue weighted by Gasteiger charge is -2.08. The van der Waals surface area contributed by atoms with Crippen molar-refractivity contribution in [3.63, 3.8) is 0 Å². The van der Waals surface area contributed by atoms with Gasteiger partial charge < -0.3 is 5.32 Å². The number of carbonyl (C=O) groups excluding carboxylic acids is 1. The van der Waals surface area contributed by atoms with Crippen molar-refractivity contribution in [2.45, 2.75) is 43.7 Å². The van der Waals surface area contributed by atoms with E-state index < -0.39 is 10.0 Å². The molecule has 132 valence electrons. The van der Waals surface area contributed by atoms with Gasteiger partial charge in [0.1, 0.15) is 0 Å². The number of sulfonamides is 1. The van der Waals surface area contributed by atoms with E-state index in [1.807, 2.05) is 31.2 Å². The van der Waals surface area contributed by atoms with E-state index in [0.717, 1.165) is 29.5 Å². The van der Waals surface area contributed by atoms with Crippen LogP contribution in [0.25, 0.3) is 0 Å². The normalized spacial score (nSPS) is 14.3. The standard InChI is InChI=1S/C19H22N2O3S/c1-14-2-4-15(5-3-14)12-19(22)20-13-16-6-10-18(11-7-16)25(23,24)21-17-8-9-17/h2-7,10-11,17,21H,8-9,12-13H2,1H3,(H,20,22). The molecule has 6 heteroatoms. The van der Waals surface area contributed by atoms with E-state index in [2.05, 4.69) is 10.0 Å². The van der Waals surface area contributed by atoms with Crippen molar-refractivity contribution in [1.29, 1.82) is 0 Å². The van der Waals surface area contributed by atoms with Crippen molar-refractivity contribution in [2.24, 2.45) is 0 Å². The second-order valence-corrected chi connectivity index (χ2v) is 8.19. The van der Waals surface area contributed by atoms with Crippen molar-refractivity contribution in [1.82, 2.24) is 10.0 Å². The molecule has 2 aromatic carbocycles. The van der Waals surface area contributed by atoms with Crippen LogP contribution in [0.2, 0.25) is 0 Å². The van der Waals surface area contributed by atoms with E-state index in [0.29, 0.717) is 13.0 Å². The molecular formula is C19H22N2O3S. The molecule has 5 nitrogen and oxygen atoms in total. The lowest BCUT2D eigenvalue weighted by molar-refractivity contribution is -0.120. The molecule has 1 aliphatic rings. The van der Waals surface area contributed by atoms with Crippen LogP contribution in [0, 0.1) is 6.92 Å². The van der Waals surface area contributed by atoms with Crippen molar-refractivity contribution in [3.8, 4) is 0 Å². The number of nitrogens with one attached hydrogen (secondary N) is 2. The first-order valence-corrected chi connectivity index (χ1v) is 9.84. The average molecular weight is 358 g/mol. The number of benzene rings is 2. The molecular weight excluding hydrogens is 336 g/mol. The SMILES string of the molecule is Cc1ccc(CC(=O)NCc2ccc(S(=O)(=O)NC3CC3)cc2)cc1. The molecule has 0 aliphatic heterocycles. The van der Waals surface area contributed by atoms with Crippen LogP contribution < -0.4 is 10.0 Å². The molecule has 2 N–H and O–H groups in total. The fourth-order valence-electron chi connectivity index (χ4n) is 2.43. The van der Waals surface area contributed by atoms with Crippen molar-refractivity contribution in [2.75, 3.05) is 0 Å². The third-order valence-electron chi connectivity index (χ3n) is 4.11. The van der Waals surface area contributed by atoms with Gasteiger partial charge in [-0.1, -0.05) is 42.0 Å². The van der Waals surface area contributed by atoms with Gasteiger partial charge in [0.2, 0.25) is 15.9 Å². The van der Waals surface area contributed by atoms with Gasteiger partial charge in [-0.05, 0) is 43.0 Å². The quantitative estimate of drug-likeness (QED) is 0.797. The van der Waals surface area contributed by atoms with Gasteiger partial charge in [-0.25, -0.2) is 13.1 Å². The summed E-state index contributed by atoms with van der Waals surface area (Å²) in [6, 6.07) is 14.6. The first-order valence-electron chi connectivity index (χ1n) is 8.36. The molecule has 1 saturated carbocycles. The van der Waals surface area contributed by atoms with E-state index in [1.54, 1.807) is 24.3 Å². The van der Waals surface area contributed by atoms with Gasteiger partial charge in [-0.3, -0.25) is 4.79 Å². The lowest BCUT2D eigenvalue weighted by atomic mass is 10.1. The van der Waals surface area contributed by atoms with Crippen LogP contribution in [-0.2, 0) is 27.8 Å². The summed E-state index contributed by atoms with van der Waals surface area (Å²) in [7, 11) is -3.43. The molecule has 25 heavy (non-hydrogen) atoms. The average Bonchev–Trinajstić information content (AvgIpc) is 3.39. The Bertz CT molecular complexity index is 839. The molecule has 1 aliphatic carbocycles. The molecule has 0 bridgehead atoms. The summed E-state index contributed by atoms with van der Waals surface area (Å²) >= 11 is 0. The molecule has 0 heterocycles. The zero-order valence-corrected chi connectivity index (χ0v) is 15.0. The summed E-state index contributed by atoms with van der Waals surface area (Å²) in [4.78, 5) is 12.3. The fraction of sp³-hybridized carbons (Fsp3) is 0.316. The molecule has 0 unspecified atom stereocenters. The van der Waals surface area contributed by atoms with Crippen LogP contribution >= 0.6 is 0 Å². The Morgan fingerprint density at radius 2 is 1.60 bits per heavy atom. The van der Waals surface area contributed by atoms with E-state index in [9.17, 15) is 13.2 Å². The summed E-state index contributed by atoms with van der Waals surface area (Å²) in [5.74, 6) is -0.0593. The van der Waals surface area contributed by atoms with Crippen LogP contribution in [0.4, 0.5) is 0 Å². The monoisotopic (exact) mass is 358 g/mol. The molecule has 2 aromatic rings. The maximum absolute atomic E-state index is 12.1. The molecule has 0 atom stereocenters. The maximum atomic E-state index is 12.1. The summed E-state index contributed by atoms with van der Waals surface area (Å²) in [6.45, 7) is 2.38. The highest BCUT2D eigenvalue weighted by molar-refractivity contribution is 7.89. The second-order valence-electron chi connectivity index (χ2n) is 6.48. The number of hydrogen-bond acceptors (Lipinski definition) is 3. The van der Waals surface area contributed by atoms with Crippen LogP contribution in [0.15, 0.2) is 53.4 Å². The Morgan fingerprint density at radius 1 is 1.00 bits per heavy atom. The predicted octanol–water partition coefficient (Wildman–Crippen LogP) is 2.29. The first-order chi connectivity index (χ1) is 11.9. The van der Waals surface area contributed by atoms with Gasteiger partial charge in [0.05, 0.1) is 11.3 Å². The lowest BCUT2D eigenvalue weighted by Crippen LogP contribution is -2.26. The first kappa shape index (κ1) is 17.6. The second kappa shape index (κ2) is 7.37. The third kappa shape index (κ3) is 5.14. The molecule has 1 fully saturated rings. The molecule has 0 spiro atoms. The number of carbonyl (C=O) groups is 1. The van der Waals surface area contributed by atoms with E-state index in [-0.39, 0.29) is 16.8 Å². The molecule has 1 amide bonds. The highest BCUT2D eigenvalue weighted by Gasteiger charge is 2.27. The number of aryl methyl sites for hydroxylation is 1. The largest absolute Gasteiger partial charge is 0.352 e. The van der Waals surface area contributed by atoms with Gasteiger partial charge in [-0.15, -0.1) is 0 Å². The zero-order chi connectivity index (χ0) is 17.9. The van der Waals surface area contributed by atoms with Crippen LogP contribution in [-0.4, -0.2) is 20.4 Å². The van der Waals surface area contributed by atoms with E-state index in [1.165, 1.54) is 0 Å². The van der Waals surface area contributed by atoms with Gasteiger partial charge >= 0.3 is 0 Å². The minimum absolute atomic E-state index is 0.0593. The fourth-order valence-corrected chi connectivity index (χ4v) is 3.73. The minimum atomic E-state index is -3.43. The van der Waals surface area contributed by atoms with Crippen molar-refractivity contribution < 1.29 is 13.2 Å². The Morgan fingerprint density at radius 3 is 2.20 bits per heavy atom. The number of rotatable bonds is 7. The van der Waals surface area contributed by atoms with Gasteiger partial charge in [0, 0.05) is 12.6 Å². The Kier molecular flexibility index (Phi) is 5.20. The van der Waals surface area contributed by atoms with Crippen molar-refractivity contribution >= 4 is 15.9 Å². The number of hydrogen-bond donors (Lipinski definition) is 2. The van der Waals surface area contributed by atoms with Crippen LogP contribution in [0.5, 0.6) is 0 Å². The topological polar surface area (TPSA) is 75.3 Å².